The topological polar surface area (TPSA) is 131 Å². The molecule has 0 bridgehead atoms. The summed E-state index contributed by atoms with van der Waals surface area (Å²) in [6.45, 7) is 10.1. The lowest BCUT2D eigenvalue weighted by atomic mass is 9.71. The lowest BCUT2D eigenvalue weighted by Gasteiger charge is -2.43. The number of nitrogens with zero attached hydrogens (tertiary/aromatic N) is 3. The van der Waals surface area contributed by atoms with Gasteiger partial charge in [-0.2, -0.15) is 0 Å². The van der Waals surface area contributed by atoms with E-state index in [0.29, 0.717) is 17.8 Å². The van der Waals surface area contributed by atoms with E-state index in [1.807, 2.05) is 64.1 Å². The number of urea groups is 1. The van der Waals surface area contributed by atoms with Crippen LogP contribution in [0.1, 0.15) is 101 Å². The summed E-state index contributed by atoms with van der Waals surface area (Å²) in [5.74, 6) is -0.402. The molecule has 1 saturated carbocycles. The minimum Gasteiger partial charge on any atom is -0.353 e. The predicted molar refractivity (Wildman–Crippen MR) is 174 cm³/mol. The molecule has 44 heavy (non-hydrogen) atoms. The van der Waals surface area contributed by atoms with Gasteiger partial charge in [0, 0.05) is 41.9 Å². The van der Waals surface area contributed by atoms with E-state index in [1.165, 1.54) is 11.0 Å². The molecule has 1 unspecified atom stereocenters. The summed E-state index contributed by atoms with van der Waals surface area (Å²) in [6, 6.07) is 17.2. The van der Waals surface area contributed by atoms with Crippen LogP contribution in [0.3, 0.4) is 0 Å². The van der Waals surface area contributed by atoms with Crippen molar-refractivity contribution in [2.75, 3.05) is 11.4 Å². The van der Waals surface area contributed by atoms with Crippen LogP contribution in [0.4, 0.5) is 16.2 Å². The number of carbonyl (C=O) groups is 2. The first kappa shape index (κ1) is 32.6. The summed E-state index contributed by atoms with van der Waals surface area (Å²) in [7, 11) is 0. The van der Waals surface area contributed by atoms with Crippen molar-refractivity contribution in [2.24, 2.45) is 5.73 Å². The van der Waals surface area contributed by atoms with Crippen LogP contribution in [0, 0.1) is 10.1 Å². The van der Waals surface area contributed by atoms with Gasteiger partial charge in [0.15, 0.2) is 0 Å². The average Bonchev–Trinajstić information content (AvgIpc) is 3.00. The van der Waals surface area contributed by atoms with Gasteiger partial charge in [-0.15, -0.1) is 0 Å². The number of nitro groups is 1. The lowest BCUT2D eigenvalue weighted by Crippen LogP contribution is -2.63. The Morgan fingerprint density at radius 2 is 1.59 bits per heavy atom. The van der Waals surface area contributed by atoms with E-state index in [1.54, 1.807) is 31.3 Å². The molecule has 1 heterocycles. The summed E-state index contributed by atoms with van der Waals surface area (Å²) in [4.78, 5) is 46.0. The Kier molecular flexibility index (Phi) is 10.1. The number of nitrogens with two attached hydrogens (primary N) is 1. The van der Waals surface area contributed by atoms with Crippen molar-refractivity contribution in [3.05, 3.63) is 99.4 Å². The van der Waals surface area contributed by atoms with Crippen molar-refractivity contribution in [3.8, 4) is 0 Å². The molecule has 9 nitrogen and oxygen atoms in total. The summed E-state index contributed by atoms with van der Waals surface area (Å²) in [5.41, 5.74) is 7.71. The highest BCUT2D eigenvalue weighted by atomic mass is 16.6. The van der Waals surface area contributed by atoms with Gasteiger partial charge in [0.1, 0.15) is 5.54 Å². The highest BCUT2D eigenvalue weighted by Crippen LogP contribution is 2.42. The minimum absolute atomic E-state index is 0.0126. The number of rotatable bonds is 11. The molecule has 0 saturated heterocycles. The molecular formula is C35H45N5O4. The largest absolute Gasteiger partial charge is 0.353 e. The van der Waals surface area contributed by atoms with Crippen LogP contribution in [0.15, 0.2) is 66.9 Å². The zero-order valence-electron chi connectivity index (χ0n) is 26.5. The van der Waals surface area contributed by atoms with E-state index in [4.69, 9.17) is 5.73 Å². The molecule has 0 aliphatic heterocycles. The van der Waals surface area contributed by atoms with E-state index in [9.17, 15) is 19.7 Å². The maximum Gasteiger partial charge on any atom is 0.320 e. The summed E-state index contributed by atoms with van der Waals surface area (Å²) < 4.78 is 0. The molecule has 1 aromatic heterocycles. The maximum atomic E-state index is 14.7. The molecule has 0 radical (unpaired) electrons. The Morgan fingerprint density at radius 3 is 2.14 bits per heavy atom. The molecule has 9 heteroatoms. The van der Waals surface area contributed by atoms with Crippen LogP contribution in [-0.4, -0.2) is 33.9 Å². The number of anilines is 1. The summed E-state index contributed by atoms with van der Waals surface area (Å²) >= 11 is 0. The number of hydrogen-bond acceptors (Lipinski definition) is 5. The number of nitrogens with one attached hydrogen (secondary N) is 1. The second-order valence-electron chi connectivity index (χ2n) is 12.8. The molecule has 1 fully saturated rings. The third-order valence-corrected chi connectivity index (χ3v) is 9.10. The second kappa shape index (κ2) is 13.6. The van der Waals surface area contributed by atoms with Crippen LogP contribution in [-0.2, 0) is 16.6 Å². The first-order valence-corrected chi connectivity index (χ1v) is 15.6. The number of pyridine rings is 1. The number of carbonyl (C=O) groups excluding carboxylic acids is 2. The second-order valence-corrected chi connectivity index (χ2v) is 12.8. The monoisotopic (exact) mass is 599 g/mol. The highest BCUT2D eigenvalue weighted by Gasteiger charge is 2.47. The van der Waals surface area contributed by atoms with Crippen LogP contribution < -0.4 is 16.0 Å². The van der Waals surface area contributed by atoms with Crippen molar-refractivity contribution in [1.29, 1.82) is 0 Å². The smallest absolute Gasteiger partial charge is 0.320 e. The molecule has 3 N–H and O–H groups in total. The van der Waals surface area contributed by atoms with E-state index in [-0.39, 0.29) is 29.4 Å². The third kappa shape index (κ3) is 6.61. The van der Waals surface area contributed by atoms with Gasteiger partial charge in [-0.25, -0.2) is 4.79 Å². The Bertz CT molecular complexity index is 1460. The van der Waals surface area contributed by atoms with Gasteiger partial charge >= 0.3 is 6.03 Å². The highest BCUT2D eigenvalue weighted by molar-refractivity contribution is 6.03. The number of benzene rings is 2. The van der Waals surface area contributed by atoms with E-state index in [0.717, 1.165) is 48.9 Å². The number of hydrogen-bond donors (Lipinski definition) is 2. The molecule has 3 amide bonds. The fraction of sp³-hybridized carbons (Fsp3) is 0.457. The van der Waals surface area contributed by atoms with Crippen molar-refractivity contribution in [2.45, 2.75) is 95.9 Å². The SMILES string of the molecule is CC(C)c1cccc(C(C)C)c1N(C(N)=O)C(C)(Cc1ccccc1[N+](=O)[O-])C(=O)NCC1(c2ccccn2)CCCCC1. The van der Waals surface area contributed by atoms with E-state index in [2.05, 4.69) is 10.3 Å². The molecule has 1 aliphatic carbocycles. The number of nitro benzene ring substituents is 1. The van der Waals surface area contributed by atoms with Gasteiger partial charge in [0.25, 0.3) is 5.69 Å². The fourth-order valence-corrected chi connectivity index (χ4v) is 6.71. The minimum atomic E-state index is -1.60. The van der Waals surface area contributed by atoms with Crippen LogP contribution in [0.25, 0.3) is 0 Å². The maximum absolute atomic E-state index is 14.7. The predicted octanol–water partition coefficient (Wildman–Crippen LogP) is 7.14. The zero-order valence-corrected chi connectivity index (χ0v) is 26.5. The molecular weight excluding hydrogens is 554 g/mol. The van der Waals surface area contributed by atoms with Gasteiger partial charge in [0.05, 0.1) is 10.6 Å². The molecule has 2 aromatic carbocycles. The molecule has 1 aliphatic rings. The van der Waals surface area contributed by atoms with Gasteiger partial charge in [-0.1, -0.05) is 89.4 Å². The standard InChI is InChI=1S/C35H45N5O4/c1-24(2)27-15-13-16-28(25(3)4)31(27)39(33(36)42)34(5,22-26-14-7-8-17-29(26)40(43)44)32(41)38-23-35(19-10-6-11-20-35)30-18-9-12-21-37-30/h7-9,12-18,21,24-25H,6,10-11,19-20,22-23H2,1-5H3,(H2,36,42)(H,38,41). The van der Waals surface area contributed by atoms with Crippen molar-refractivity contribution < 1.29 is 14.5 Å². The zero-order chi connectivity index (χ0) is 32.1. The van der Waals surface area contributed by atoms with Gasteiger partial charge in [-0.3, -0.25) is 24.8 Å². The Hall–Kier alpha value is -4.27. The third-order valence-electron chi connectivity index (χ3n) is 9.10. The van der Waals surface area contributed by atoms with Crippen LogP contribution in [0.2, 0.25) is 0 Å². The molecule has 4 rings (SSSR count). The fourth-order valence-electron chi connectivity index (χ4n) is 6.71. The van der Waals surface area contributed by atoms with Crippen molar-refractivity contribution in [3.63, 3.8) is 0 Å². The number of primary amides is 1. The normalized spacial score (nSPS) is 15.9. The molecule has 0 spiro atoms. The number of para-hydroxylation sites is 2. The summed E-state index contributed by atoms with van der Waals surface area (Å²) in [5, 5.41) is 15.3. The first-order chi connectivity index (χ1) is 20.9. The van der Waals surface area contributed by atoms with Gasteiger partial charge in [0.2, 0.25) is 5.91 Å². The first-order valence-electron chi connectivity index (χ1n) is 15.6. The van der Waals surface area contributed by atoms with Crippen molar-refractivity contribution >= 4 is 23.3 Å². The van der Waals surface area contributed by atoms with Gasteiger partial charge < -0.3 is 11.1 Å². The van der Waals surface area contributed by atoms with Crippen molar-refractivity contribution in [1.82, 2.24) is 10.3 Å². The number of aromatic nitrogens is 1. The van der Waals surface area contributed by atoms with E-state index >= 15 is 0 Å². The molecule has 3 aromatic rings. The Balaban J connectivity index is 1.87. The van der Waals surface area contributed by atoms with Gasteiger partial charge in [-0.05, 0) is 54.9 Å². The molecule has 1 atom stereocenters. The average molecular weight is 600 g/mol. The van der Waals surface area contributed by atoms with Crippen LogP contribution in [0.5, 0.6) is 0 Å². The Labute approximate surface area is 260 Å². The number of amides is 3. The Morgan fingerprint density at radius 1 is 0.977 bits per heavy atom. The van der Waals surface area contributed by atoms with E-state index < -0.39 is 22.4 Å². The quantitative estimate of drug-likeness (QED) is 0.179. The van der Waals surface area contributed by atoms with Crippen LogP contribution >= 0.6 is 0 Å². The lowest BCUT2D eigenvalue weighted by molar-refractivity contribution is -0.385. The summed E-state index contributed by atoms with van der Waals surface area (Å²) in [6.07, 6.45) is 6.57. The molecule has 234 valence electrons.